The van der Waals surface area contributed by atoms with Gasteiger partial charge >= 0.3 is 11.9 Å². The number of aliphatic hydroxyl groups excluding tert-OH is 1. The molecule has 37 heavy (non-hydrogen) atoms. The van der Waals surface area contributed by atoms with Crippen molar-refractivity contribution < 1.29 is 38.9 Å². The van der Waals surface area contributed by atoms with Crippen molar-refractivity contribution in [1.82, 2.24) is 5.32 Å². The van der Waals surface area contributed by atoms with E-state index in [1.807, 2.05) is 0 Å². The van der Waals surface area contributed by atoms with Gasteiger partial charge in [0.05, 0.1) is 18.7 Å². The van der Waals surface area contributed by atoms with Gasteiger partial charge in [0.25, 0.3) is 0 Å². The van der Waals surface area contributed by atoms with Crippen LogP contribution in [0.2, 0.25) is 0 Å². The van der Waals surface area contributed by atoms with Crippen molar-refractivity contribution in [2.75, 3.05) is 7.11 Å². The number of aromatic hydroxyl groups is 1. The van der Waals surface area contributed by atoms with Crippen LogP contribution in [0, 0.1) is 0 Å². The molecule has 198 valence electrons. The Kier molecular flexibility index (Phi) is 11.8. The van der Waals surface area contributed by atoms with E-state index < -0.39 is 36.2 Å². The van der Waals surface area contributed by atoms with Crippen molar-refractivity contribution in [2.24, 2.45) is 5.16 Å². The summed E-state index contributed by atoms with van der Waals surface area (Å²) >= 11 is 0. The van der Waals surface area contributed by atoms with Gasteiger partial charge in [0.15, 0.2) is 0 Å². The van der Waals surface area contributed by atoms with Gasteiger partial charge in [-0.25, -0.2) is 4.79 Å². The molecule has 0 saturated carbocycles. The Morgan fingerprint density at radius 1 is 1.27 bits per heavy atom. The molecular formula is C27H32N2O8. The number of nitrogens with zero attached hydrogens (tertiary/aromatic N) is 1. The van der Waals surface area contributed by atoms with Crippen LogP contribution in [-0.4, -0.2) is 59.7 Å². The summed E-state index contributed by atoms with van der Waals surface area (Å²) in [5.41, 5.74) is 1.09. The molecule has 1 amide bonds. The van der Waals surface area contributed by atoms with Crippen LogP contribution in [0.5, 0.6) is 5.75 Å². The van der Waals surface area contributed by atoms with Gasteiger partial charge < -0.3 is 29.8 Å². The Morgan fingerprint density at radius 3 is 2.81 bits per heavy atom. The molecule has 3 atom stereocenters. The normalized spacial score (nSPS) is 23.9. The first-order valence-corrected chi connectivity index (χ1v) is 11.6. The summed E-state index contributed by atoms with van der Waals surface area (Å²) in [5.74, 6) is -2.12. The maximum Gasteiger partial charge on any atom is 0.342 e. The summed E-state index contributed by atoms with van der Waals surface area (Å²) in [5, 5.41) is 26.7. The van der Waals surface area contributed by atoms with Gasteiger partial charge in [-0.1, -0.05) is 35.5 Å². The number of phenols is 1. The van der Waals surface area contributed by atoms with Crippen molar-refractivity contribution in [3.63, 3.8) is 0 Å². The van der Waals surface area contributed by atoms with Crippen LogP contribution in [0.15, 0.2) is 71.6 Å². The Balaban J connectivity index is 2.25. The first-order valence-electron chi connectivity index (χ1n) is 11.6. The van der Waals surface area contributed by atoms with Crippen LogP contribution in [0.4, 0.5) is 0 Å². The SMILES string of the molecule is CO/N=C/C=C/C(=O)N/C=C/C[C@H]1CC(=O)O[C@H](C)/C=C/[C@H](O)/C(C)=C\Cc2cccc(O)c2C(=O)O1. The maximum absolute atomic E-state index is 13.1. The van der Waals surface area contributed by atoms with E-state index in [2.05, 4.69) is 15.3 Å². The molecule has 10 heteroatoms. The molecule has 0 aliphatic carbocycles. The number of hydrogen-bond donors (Lipinski definition) is 3. The fourth-order valence-corrected chi connectivity index (χ4v) is 3.30. The second-order valence-electron chi connectivity index (χ2n) is 8.16. The maximum atomic E-state index is 13.1. The summed E-state index contributed by atoms with van der Waals surface area (Å²) < 4.78 is 10.9. The molecule has 0 aromatic heterocycles. The highest BCUT2D eigenvalue weighted by Gasteiger charge is 2.24. The van der Waals surface area contributed by atoms with Gasteiger partial charge in [0.2, 0.25) is 5.91 Å². The number of cyclic esters (lactones) is 2. The number of ether oxygens (including phenoxy) is 2. The highest BCUT2D eigenvalue weighted by Crippen LogP contribution is 2.25. The highest BCUT2D eigenvalue weighted by molar-refractivity contribution is 5.94. The lowest BCUT2D eigenvalue weighted by Crippen LogP contribution is -2.25. The summed E-state index contributed by atoms with van der Waals surface area (Å²) in [7, 11) is 1.38. The number of allylic oxidation sites excluding steroid dienone is 2. The van der Waals surface area contributed by atoms with Crippen LogP contribution >= 0.6 is 0 Å². The van der Waals surface area contributed by atoms with E-state index in [9.17, 15) is 24.6 Å². The van der Waals surface area contributed by atoms with Gasteiger partial charge in [0.1, 0.15) is 30.6 Å². The van der Waals surface area contributed by atoms with Crippen molar-refractivity contribution in [3.8, 4) is 5.75 Å². The average molecular weight is 513 g/mol. The predicted octanol–water partition coefficient (Wildman–Crippen LogP) is 2.87. The lowest BCUT2D eigenvalue weighted by atomic mass is 10.0. The zero-order valence-electron chi connectivity index (χ0n) is 21.0. The predicted molar refractivity (Wildman–Crippen MR) is 137 cm³/mol. The third-order valence-corrected chi connectivity index (χ3v) is 5.24. The second kappa shape index (κ2) is 15.0. The van der Waals surface area contributed by atoms with Crippen molar-refractivity contribution in [3.05, 3.63) is 77.6 Å². The molecular weight excluding hydrogens is 480 g/mol. The molecule has 0 spiro atoms. The fraction of sp³-hybridized carbons (Fsp3) is 0.333. The third kappa shape index (κ3) is 10.1. The number of benzene rings is 1. The van der Waals surface area contributed by atoms with Crippen LogP contribution in [0.1, 0.15) is 42.6 Å². The van der Waals surface area contributed by atoms with Gasteiger partial charge in [0, 0.05) is 18.7 Å². The van der Waals surface area contributed by atoms with Crippen molar-refractivity contribution in [2.45, 2.75) is 51.4 Å². The van der Waals surface area contributed by atoms with E-state index in [1.54, 1.807) is 38.1 Å². The molecule has 2 rings (SSSR count). The smallest absolute Gasteiger partial charge is 0.342 e. The minimum absolute atomic E-state index is 0.0293. The quantitative estimate of drug-likeness (QED) is 0.174. The van der Waals surface area contributed by atoms with Crippen molar-refractivity contribution >= 4 is 24.1 Å². The molecule has 0 fully saturated rings. The lowest BCUT2D eigenvalue weighted by Gasteiger charge is -2.18. The van der Waals surface area contributed by atoms with Gasteiger partial charge in [-0.3, -0.25) is 9.59 Å². The molecule has 3 N–H and O–H groups in total. The van der Waals surface area contributed by atoms with E-state index in [0.717, 1.165) is 0 Å². The molecule has 1 aromatic carbocycles. The summed E-state index contributed by atoms with van der Waals surface area (Å²) in [4.78, 5) is 41.9. The summed E-state index contributed by atoms with van der Waals surface area (Å²) in [6.45, 7) is 3.38. The molecule has 0 unspecified atom stereocenters. The largest absolute Gasteiger partial charge is 0.507 e. The number of esters is 2. The van der Waals surface area contributed by atoms with Crippen LogP contribution in [0.25, 0.3) is 0 Å². The lowest BCUT2D eigenvalue weighted by molar-refractivity contribution is -0.148. The number of phenolic OH excluding ortho intramolecular Hbond substituents is 1. The zero-order chi connectivity index (χ0) is 27.2. The molecule has 0 bridgehead atoms. The van der Waals surface area contributed by atoms with E-state index in [1.165, 1.54) is 49.9 Å². The monoisotopic (exact) mass is 512 g/mol. The van der Waals surface area contributed by atoms with E-state index in [-0.39, 0.29) is 30.6 Å². The third-order valence-electron chi connectivity index (χ3n) is 5.24. The van der Waals surface area contributed by atoms with E-state index in [4.69, 9.17) is 9.47 Å². The topological polar surface area (TPSA) is 144 Å². The number of carbonyl (C=O) groups excluding carboxylic acids is 3. The first kappa shape index (κ1) is 29.1. The highest BCUT2D eigenvalue weighted by atomic mass is 16.6. The number of rotatable bonds is 6. The van der Waals surface area contributed by atoms with Crippen LogP contribution in [-0.2, 0) is 30.3 Å². The Morgan fingerprint density at radius 2 is 2.05 bits per heavy atom. The van der Waals surface area contributed by atoms with Crippen molar-refractivity contribution in [1.29, 1.82) is 0 Å². The average Bonchev–Trinajstić information content (AvgIpc) is 2.85. The standard InChI is InChI=1S/C27H32N2O8/c1-18-11-13-20-7-4-9-23(31)26(20)27(34)37-21(17-25(33)36-19(2)12-14-22(18)30)8-5-15-28-24(32)10-6-16-29-35-3/h4-7,9-12,14-16,19,21-22,30-31H,8,13,17H2,1-3H3,(H,28,32)/b10-6+,14-12+,15-5+,18-11-,29-16+/t19-,21+,22+/m1/s1. The van der Waals surface area contributed by atoms with E-state index in [0.29, 0.717) is 11.1 Å². The van der Waals surface area contributed by atoms with Crippen LogP contribution in [0.3, 0.4) is 0 Å². The second-order valence-corrected chi connectivity index (χ2v) is 8.16. The summed E-state index contributed by atoms with van der Waals surface area (Å²) in [6, 6.07) is 4.65. The number of oxime groups is 1. The number of carbonyl (C=O) groups is 3. The molecule has 10 nitrogen and oxygen atoms in total. The van der Waals surface area contributed by atoms with E-state index >= 15 is 0 Å². The summed E-state index contributed by atoms with van der Waals surface area (Å²) in [6.07, 6.45) is 9.26. The molecule has 1 aliphatic rings. The molecule has 1 heterocycles. The number of hydrogen-bond acceptors (Lipinski definition) is 9. The molecule has 0 saturated heterocycles. The van der Waals surface area contributed by atoms with Crippen LogP contribution < -0.4 is 5.32 Å². The van der Waals surface area contributed by atoms with Gasteiger partial charge in [-0.15, -0.1) is 0 Å². The molecule has 0 radical (unpaired) electrons. The first-order chi connectivity index (χ1) is 17.7. The fourth-order valence-electron chi connectivity index (χ4n) is 3.30. The Bertz CT molecular complexity index is 1100. The molecule has 1 aliphatic heterocycles. The molecule has 1 aromatic rings. The minimum atomic E-state index is -0.936. The Hall–Kier alpha value is -4.18. The number of aliphatic hydroxyl groups is 1. The number of fused-ring (bicyclic) bond motifs is 1. The zero-order valence-corrected chi connectivity index (χ0v) is 21.0. The van der Waals surface area contributed by atoms with Gasteiger partial charge in [-0.2, -0.15) is 0 Å². The van der Waals surface area contributed by atoms with Gasteiger partial charge in [-0.05, 0) is 49.6 Å². The Labute approximate surface area is 215 Å². The number of nitrogens with one attached hydrogen (secondary N) is 1. The number of amides is 1. The minimum Gasteiger partial charge on any atom is -0.507 e.